The molecule has 0 radical (unpaired) electrons. The second kappa shape index (κ2) is 5.75. The fourth-order valence-electron chi connectivity index (χ4n) is 2.25. The molecule has 0 aliphatic carbocycles. The van der Waals surface area contributed by atoms with E-state index in [2.05, 4.69) is 9.88 Å². The van der Waals surface area contributed by atoms with Crippen LogP contribution in [0.4, 0.5) is 0 Å². The molecule has 19 heavy (non-hydrogen) atoms. The van der Waals surface area contributed by atoms with Gasteiger partial charge >= 0.3 is 0 Å². The summed E-state index contributed by atoms with van der Waals surface area (Å²) in [5.41, 5.74) is 0. The molecule has 1 aromatic heterocycles. The summed E-state index contributed by atoms with van der Waals surface area (Å²) in [6.45, 7) is 1.04. The van der Waals surface area contributed by atoms with Crippen LogP contribution in [0.25, 0.3) is 0 Å². The summed E-state index contributed by atoms with van der Waals surface area (Å²) >= 11 is 5.97. The number of piperidine rings is 1. The molecule has 1 aliphatic rings. The highest BCUT2D eigenvalue weighted by atomic mass is 35.5. The van der Waals surface area contributed by atoms with E-state index in [0.717, 1.165) is 12.8 Å². The monoisotopic (exact) mass is 303 g/mol. The van der Waals surface area contributed by atoms with Gasteiger partial charge in [-0.15, -0.1) is 0 Å². The van der Waals surface area contributed by atoms with Gasteiger partial charge in [0.15, 0.2) is 0 Å². The summed E-state index contributed by atoms with van der Waals surface area (Å²) in [5.74, 6) is 0. The number of pyridine rings is 1. The Kier molecular flexibility index (Phi) is 4.45. The van der Waals surface area contributed by atoms with Gasteiger partial charge in [-0.2, -0.15) is 4.31 Å². The van der Waals surface area contributed by atoms with Crippen LogP contribution >= 0.6 is 11.6 Å². The first-order valence-electron chi connectivity index (χ1n) is 6.19. The normalized spacial score (nSPS) is 21.8. The zero-order chi connectivity index (χ0) is 14.0. The highest BCUT2D eigenvalue weighted by molar-refractivity contribution is 7.89. The lowest BCUT2D eigenvalue weighted by atomic mass is 10.1. The Balaban J connectivity index is 2.28. The van der Waals surface area contributed by atoms with Crippen molar-refractivity contribution in [2.45, 2.75) is 23.8 Å². The summed E-state index contributed by atoms with van der Waals surface area (Å²) in [7, 11) is 0.393. The molecule has 0 bridgehead atoms. The predicted molar refractivity (Wildman–Crippen MR) is 74.7 cm³/mol. The maximum Gasteiger partial charge on any atom is 0.246 e. The Hall–Kier alpha value is -0.690. The molecule has 0 spiro atoms. The van der Waals surface area contributed by atoms with Gasteiger partial charge in [0.1, 0.15) is 4.90 Å². The molecule has 1 fully saturated rings. The van der Waals surface area contributed by atoms with Crippen LogP contribution in [0.5, 0.6) is 0 Å². The van der Waals surface area contributed by atoms with E-state index < -0.39 is 10.0 Å². The van der Waals surface area contributed by atoms with Crippen molar-refractivity contribution in [1.82, 2.24) is 14.2 Å². The maximum absolute atomic E-state index is 12.6. The Morgan fingerprint density at radius 1 is 1.47 bits per heavy atom. The zero-order valence-corrected chi connectivity index (χ0v) is 12.7. The van der Waals surface area contributed by atoms with E-state index in [9.17, 15) is 8.42 Å². The van der Waals surface area contributed by atoms with Gasteiger partial charge < -0.3 is 4.90 Å². The van der Waals surface area contributed by atoms with Crippen LogP contribution < -0.4 is 0 Å². The molecular weight excluding hydrogens is 286 g/mol. The lowest BCUT2D eigenvalue weighted by Crippen LogP contribution is -2.47. The average Bonchev–Trinajstić information content (AvgIpc) is 2.39. The van der Waals surface area contributed by atoms with E-state index in [1.807, 2.05) is 14.1 Å². The number of hydrogen-bond acceptors (Lipinski definition) is 4. The standard InChI is InChI=1S/C12H18ClN3O2S/c1-15(2)10-4-3-7-16(9-10)19(17,18)12-8-14-6-5-11(12)13/h5-6,8,10H,3-4,7,9H2,1-2H3. The summed E-state index contributed by atoms with van der Waals surface area (Å²) in [4.78, 5) is 6.02. The maximum atomic E-state index is 12.6. The van der Waals surface area contributed by atoms with Crippen molar-refractivity contribution in [3.05, 3.63) is 23.5 Å². The van der Waals surface area contributed by atoms with Crippen molar-refractivity contribution in [2.75, 3.05) is 27.2 Å². The lowest BCUT2D eigenvalue weighted by Gasteiger charge is -2.35. The van der Waals surface area contributed by atoms with Gasteiger partial charge in [0.2, 0.25) is 10.0 Å². The van der Waals surface area contributed by atoms with Crippen molar-refractivity contribution < 1.29 is 8.42 Å². The number of sulfonamides is 1. The topological polar surface area (TPSA) is 53.5 Å². The third-order valence-corrected chi connectivity index (χ3v) is 5.78. The minimum atomic E-state index is -3.55. The molecule has 1 saturated heterocycles. The van der Waals surface area contributed by atoms with Gasteiger partial charge in [-0.1, -0.05) is 11.6 Å². The molecule has 1 aliphatic heterocycles. The largest absolute Gasteiger partial charge is 0.305 e. The minimum absolute atomic E-state index is 0.0936. The van der Waals surface area contributed by atoms with Crippen LogP contribution in [-0.4, -0.2) is 55.8 Å². The molecule has 2 heterocycles. The number of hydrogen-bond donors (Lipinski definition) is 0. The third-order valence-electron chi connectivity index (χ3n) is 3.44. The average molecular weight is 304 g/mol. The van der Waals surface area contributed by atoms with Crippen molar-refractivity contribution in [3.63, 3.8) is 0 Å². The van der Waals surface area contributed by atoms with Gasteiger partial charge in [0.25, 0.3) is 0 Å². The van der Waals surface area contributed by atoms with Gasteiger partial charge in [0.05, 0.1) is 5.02 Å². The molecule has 1 unspecified atom stereocenters. The molecule has 1 aromatic rings. The summed E-state index contributed by atoms with van der Waals surface area (Å²) in [6.07, 6.45) is 4.68. The molecule has 1 atom stereocenters. The molecule has 0 aromatic carbocycles. The first-order chi connectivity index (χ1) is 8.93. The first kappa shape index (κ1) is 14.7. The quantitative estimate of drug-likeness (QED) is 0.848. The molecule has 0 saturated carbocycles. The van der Waals surface area contributed by atoms with E-state index in [1.165, 1.54) is 22.8 Å². The van der Waals surface area contributed by atoms with Gasteiger partial charge in [-0.25, -0.2) is 8.42 Å². The minimum Gasteiger partial charge on any atom is -0.305 e. The van der Waals surface area contributed by atoms with E-state index in [1.54, 1.807) is 0 Å². The first-order valence-corrected chi connectivity index (χ1v) is 8.01. The molecule has 0 amide bonds. The molecule has 2 rings (SSSR count). The van der Waals surface area contributed by atoms with Crippen LogP contribution in [0.2, 0.25) is 5.02 Å². The van der Waals surface area contributed by atoms with Crippen LogP contribution in [0.1, 0.15) is 12.8 Å². The Morgan fingerprint density at radius 3 is 2.84 bits per heavy atom. The smallest absolute Gasteiger partial charge is 0.246 e. The van der Waals surface area contributed by atoms with Crippen LogP contribution in [0.3, 0.4) is 0 Å². The lowest BCUT2D eigenvalue weighted by molar-refractivity contribution is 0.190. The van der Waals surface area contributed by atoms with Crippen LogP contribution in [-0.2, 0) is 10.0 Å². The highest BCUT2D eigenvalue weighted by Crippen LogP contribution is 2.26. The second-order valence-corrected chi connectivity index (χ2v) is 7.24. The van der Waals surface area contributed by atoms with Crippen molar-refractivity contribution >= 4 is 21.6 Å². The fraction of sp³-hybridized carbons (Fsp3) is 0.583. The van der Waals surface area contributed by atoms with Crippen molar-refractivity contribution in [2.24, 2.45) is 0 Å². The number of aromatic nitrogens is 1. The molecule has 7 heteroatoms. The van der Waals surface area contributed by atoms with Gasteiger partial charge in [0, 0.05) is 31.5 Å². The number of nitrogens with zero attached hydrogens (tertiary/aromatic N) is 3. The fourth-order valence-corrected chi connectivity index (χ4v) is 4.17. The number of rotatable bonds is 3. The molecule has 106 valence electrons. The Bertz CT molecular complexity index is 548. The van der Waals surface area contributed by atoms with E-state index >= 15 is 0 Å². The summed E-state index contributed by atoms with van der Waals surface area (Å²) in [5, 5.41) is 0.224. The molecule has 5 nitrogen and oxygen atoms in total. The predicted octanol–water partition coefficient (Wildman–Crippen LogP) is 1.45. The van der Waals surface area contributed by atoms with Crippen molar-refractivity contribution in [1.29, 1.82) is 0 Å². The number of likely N-dealkylation sites (N-methyl/N-ethyl adjacent to an activating group) is 1. The van der Waals surface area contributed by atoms with E-state index in [-0.39, 0.29) is 16.0 Å². The third kappa shape index (κ3) is 3.08. The summed E-state index contributed by atoms with van der Waals surface area (Å²) < 4.78 is 26.6. The molecular formula is C12H18ClN3O2S. The SMILES string of the molecule is CN(C)C1CCCN(S(=O)(=O)c2cnccc2Cl)C1. The number of halogens is 1. The molecule has 0 N–H and O–H groups in total. The van der Waals surface area contributed by atoms with Gasteiger partial charge in [-0.05, 0) is 33.0 Å². The van der Waals surface area contributed by atoms with Crippen molar-refractivity contribution in [3.8, 4) is 0 Å². The van der Waals surface area contributed by atoms with E-state index in [0.29, 0.717) is 13.1 Å². The van der Waals surface area contributed by atoms with Gasteiger partial charge in [-0.3, -0.25) is 4.98 Å². The highest BCUT2D eigenvalue weighted by Gasteiger charge is 2.32. The summed E-state index contributed by atoms with van der Waals surface area (Å²) in [6, 6.07) is 1.75. The Labute approximate surface area is 119 Å². The van der Waals surface area contributed by atoms with E-state index in [4.69, 9.17) is 11.6 Å². The second-order valence-electron chi connectivity index (χ2n) is 4.93. The van der Waals surface area contributed by atoms with Crippen LogP contribution in [0.15, 0.2) is 23.4 Å². The Morgan fingerprint density at radius 2 is 2.21 bits per heavy atom. The van der Waals surface area contributed by atoms with Crippen LogP contribution in [0, 0.1) is 0 Å². The zero-order valence-electron chi connectivity index (χ0n) is 11.1.